The van der Waals surface area contributed by atoms with Gasteiger partial charge in [0.2, 0.25) is 0 Å². The average molecular weight is 262 g/mol. The Morgan fingerprint density at radius 2 is 2.00 bits per heavy atom. The second-order valence-electron chi connectivity index (χ2n) is 7.88. The molecule has 0 spiro atoms. The molecule has 0 radical (unpaired) electrons. The van der Waals surface area contributed by atoms with E-state index in [-0.39, 0.29) is 5.41 Å². The minimum atomic E-state index is -0.512. The number of hydrogen-bond acceptors (Lipinski definition) is 0. The van der Waals surface area contributed by atoms with E-state index < -0.39 is 6.17 Å². The molecule has 106 valence electrons. The van der Waals surface area contributed by atoms with Crippen molar-refractivity contribution >= 4 is 0 Å². The molecular formula is C18H27F. The van der Waals surface area contributed by atoms with Gasteiger partial charge in [-0.25, -0.2) is 4.39 Å². The predicted octanol–water partition coefficient (Wildman–Crippen LogP) is 5.29. The van der Waals surface area contributed by atoms with E-state index in [0.29, 0.717) is 5.92 Å². The molecule has 0 nitrogen and oxygen atoms in total. The molecular weight excluding hydrogens is 235 g/mol. The highest BCUT2D eigenvalue weighted by atomic mass is 19.1. The SMILES string of the molecule is C[C@]12CC[C@H]3[C@@H](CCC4=CCCC[C@@H]43)[C@@H]1CC[C@H]2F. The van der Waals surface area contributed by atoms with Crippen LogP contribution in [0.1, 0.15) is 64.7 Å². The molecule has 0 aromatic heterocycles. The molecule has 0 heterocycles. The van der Waals surface area contributed by atoms with Gasteiger partial charge in [-0.15, -0.1) is 0 Å². The fraction of sp³-hybridized carbons (Fsp3) is 0.889. The molecule has 3 fully saturated rings. The Morgan fingerprint density at radius 3 is 2.89 bits per heavy atom. The van der Waals surface area contributed by atoms with E-state index >= 15 is 0 Å². The topological polar surface area (TPSA) is 0 Å². The third-order valence-electron chi connectivity index (χ3n) is 7.26. The van der Waals surface area contributed by atoms with Gasteiger partial charge in [0.25, 0.3) is 0 Å². The van der Waals surface area contributed by atoms with Crippen LogP contribution in [0, 0.1) is 29.1 Å². The van der Waals surface area contributed by atoms with Gasteiger partial charge in [0.15, 0.2) is 0 Å². The number of rotatable bonds is 0. The van der Waals surface area contributed by atoms with Crippen LogP contribution in [-0.2, 0) is 0 Å². The van der Waals surface area contributed by atoms with Crippen LogP contribution in [-0.4, -0.2) is 6.17 Å². The summed E-state index contributed by atoms with van der Waals surface area (Å²) in [4.78, 5) is 0. The summed E-state index contributed by atoms with van der Waals surface area (Å²) in [6.45, 7) is 2.26. The lowest BCUT2D eigenvalue weighted by molar-refractivity contribution is -0.0293. The van der Waals surface area contributed by atoms with Crippen molar-refractivity contribution < 1.29 is 4.39 Å². The molecule has 0 saturated heterocycles. The molecule has 6 atom stereocenters. The largest absolute Gasteiger partial charge is 0.247 e. The maximum absolute atomic E-state index is 14.3. The van der Waals surface area contributed by atoms with Gasteiger partial charge in [0, 0.05) is 5.41 Å². The van der Waals surface area contributed by atoms with Crippen molar-refractivity contribution in [2.24, 2.45) is 29.1 Å². The Bertz CT molecular complexity index is 398. The number of hydrogen-bond donors (Lipinski definition) is 0. The van der Waals surface area contributed by atoms with Crippen molar-refractivity contribution in [1.82, 2.24) is 0 Å². The van der Waals surface area contributed by atoms with Crippen LogP contribution < -0.4 is 0 Å². The molecule has 4 aliphatic rings. The van der Waals surface area contributed by atoms with Crippen molar-refractivity contribution in [3.05, 3.63) is 11.6 Å². The molecule has 0 aromatic carbocycles. The van der Waals surface area contributed by atoms with Gasteiger partial charge in [-0.1, -0.05) is 18.6 Å². The van der Waals surface area contributed by atoms with E-state index in [1.165, 1.54) is 44.9 Å². The second-order valence-corrected chi connectivity index (χ2v) is 7.88. The van der Waals surface area contributed by atoms with Crippen molar-refractivity contribution in [1.29, 1.82) is 0 Å². The summed E-state index contributed by atoms with van der Waals surface area (Å²) in [5.74, 6) is 3.34. The maximum Gasteiger partial charge on any atom is 0.106 e. The minimum Gasteiger partial charge on any atom is -0.247 e. The summed E-state index contributed by atoms with van der Waals surface area (Å²) in [6.07, 6.45) is 13.3. The number of allylic oxidation sites excluding steroid dienone is 2. The molecule has 3 saturated carbocycles. The molecule has 0 bridgehead atoms. The van der Waals surface area contributed by atoms with Crippen LogP contribution in [0.2, 0.25) is 0 Å². The van der Waals surface area contributed by atoms with Crippen LogP contribution in [0.5, 0.6) is 0 Å². The number of alkyl halides is 1. The van der Waals surface area contributed by atoms with Crippen molar-refractivity contribution in [3.8, 4) is 0 Å². The van der Waals surface area contributed by atoms with Gasteiger partial charge in [-0.05, 0) is 81.5 Å². The first-order valence-electron chi connectivity index (χ1n) is 8.53. The van der Waals surface area contributed by atoms with Gasteiger partial charge in [0.1, 0.15) is 6.17 Å². The highest BCUT2D eigenvalue weighted by Gasteiger charge is 2.56. The molecule has 0 aromatic rings. The minimum absolute atomic E-state index is 0.0387. The van der Waals surface area contributed by atoms with Gasteiger partial charge in [-0.2, -0.15) is 0 Å². The molecule has 19 heavy (non-hydrogen) atoms. The van der Waals surface area contributed by atoms with Crippen LogP contribution in [0.25, 0.3) is 0 Å². The number of halogens is 1. The third kappa shape index (κ3) is 1.69. The summed E-state index contributed by atoms with van der Waals surface area (Å²) < 4.78 is 14.3. The second kappa shape index (κ2) is 4.33. The first-order valence-corrected chi connectivity index (χ1v) is 8.53. The monoisotopic (exact) mass is 262 g/mol. The van der Waals surface area contributed by atoms with Crippen LogP contribution in [0.4, 0.5) is 4.39 Å². The lowest BCUT2D eigenvalue weighted by atomic mass is 9.52. The zero-order valence-corrected chi connectivity index (χ0v) is 12.2. The highest BCUT2D eigenvalue weighted by Crippen LogP contribution is 2.62. The van der Waals surface area contributed by atoms with E-state index in [4.69, 9.17) is 0 Å². The third-order valence-corrected chi connectivity index (χ3v) is 7.26. The van der Waals surface area contributed by atoms with Crippen molar-refractivity contribution in [2.45, 2.75) is 70.9 Å². The average Bonchev–Trinajstić information content (AvgIpc) is 2.75. The first kappa shape index (κ1) is 12.4. The molecule has 0 aliphatic heterocycles. The van der Waals surface area contributed by atoms with Gasteiger partial charge < -0.3 is 0 Å². The number of fused-ring (bicyclic) bond motifs is 5. The maximum atomic E-state index is 14.3. The van der Waals surface area contributed by atoms with E-state index in [2.05, 4.69) is 13.0 Å². The summed E-state index contributed by atoms with van der Waals surface area (Å²) in [6, 6.07) is 0. The standard InChI is InChI=1S/C18H27F/c1-18-11-10-14-13-5-3-2-4-12(13)6-7-15(14)16(18)8-9-17(18)19/h4,13-17H,2-3,5-11H2,1H3/t13-,14+,15+,16-,17+,18-/m0/s1. The Labute approximate surface area is 116 Å². The van der Waals surface area contributed by atoms with Gasteiger partial charge in [-0.3, -0.25) is 0 Å². The molecule has 4 rings (SSSR count). The molecule has 0 N–H and O–H groups in total. The zero-order chi connectivity index (χ0) is 13.0. The van der Waals surface area contributed by atoms with Crippen LogP contribution in [0.15, 0.2) is 11.6 Å². The van der Waals surface area contributed by atoms with E-state index in [1.54, 1.807) is 5.57 Å². The fourth-order valence-corrected chi connectivity index (χ4v) is 6.24. The Hall–Kier alpha value is -0.330. The smallest absolute Gasteiger partial charge is 0.106 e. The van der Waals surface area contributed by atoms with E-state index in [9.17, 15) is 4.39 Å². The molecule has 0 unspecified atom stereocenters. The lowest BCUT2D eigenvalue weighted by Gasteiger charge is -2.53. The Kier molecular flexibility index (Phi) is 2.83. The predicted molar refractivity (Wildman–Crippen MR) is 76.6 cm³/mol. The van der Waals surface area contributed by atoms with Crippen molar-refractivity contribution in [2.75, 3.05) is 0 Å². The van der Waals surface area contributed by atoms with Gasteiger partial charge in [0.05, 0.1) is 0 Å². The Balaban J connectivity index is 1.63. The van der Waals surface area contributed by atoms with E-state index in [1.807, 2.05) is 0 Å². The van der Waals surface area contributed by atoms with Gasteiger partial charge >= 0.3 is 0 Å². The molecule has 4 aliphatic carbocycles. The van der Waals surface area contributed by atoms with Crippen molar-refractivity contribution in [3.63, 3.8) is 0 Å². The summed E-state index contributed by atoms with van der Waals surface area (Å²) in [5, 5.41) is 0. The van der Waals surface area contributed by atoms with Crippen LogP contribution in [0.3, 0.4) is 0 Å². The summed E-state index contributed by atoms with van der Waals surface area (Å²) >= 11 is 0. The Morgan fingerprint density at radius 1 is 1.11 bits per heavy atom. The normalized spacial score (nSPS) is 52.9. The molecule has 0 amide bonds. The van der Waals surface area contributed by atoms with Crippen LogP contribution >= 0.6 is 0 Å². The molecule has 1 heteroatoms. The highest BCUT2D eigenvalue weighted by molar-refractivity contribution is 5.18. The quantitative estimate of drug-likeness (QED) is 0.520. The summed E-state index contributed by atoms with van der Waals surface area (Å²) in [5.41, 5.74) is 1.82. The zero-order valence-electron chi connectivity index (χ0n) is 12.2. The first-order chi connectivity index (χ1) is 9.20. The summed E-state index contributed by atoms with van der Waals surface area (Å²) in [7, 11) is 0. The lowest BCUT2D eigenvalue weighted by Crippen LogP contribution is -2.46. The van der Waals surface area contributed by atoms with E-state index in [0.717, 1.165) is 30.6 Å². The fourth-order valence-electron chi connectivity index (χ4n) is 6.24.